The van der Waals surface area contributed by atoms with Gasteiger partial charge in [-0.3, -0.25) is 14.6 Å². The highest BCUT2D eigenvalue weighted by Gasteiger charge is 2.40. The molecule has 0 bridgehead atoms. The lowest BCUT2D eigenvalue weighted by Gasteiger charge is -2.42. The lowest BCUT2D eigenvalue weighted by Crippen LogP contribution is -2.62. The normalized spacial score (nSPS) is 17.8. The van der Waals surface area contributed by atoms with Crippen molar-refractivity contribution >= 4 is 61.7 Å². The number of carbonyl (C=O) groups is 2. The fraction of sp³-hybridized carbons (Fsp3) is 0.292. The van der Waals surface area contributed by atoms with E-state index in [0.717, 1.165) is 25.8 Å². The van der Waals surface area contributed by atoms with Gasteiger partial charge < -0.3 is 20.3 Å². The second kappa shape index (κ2) is 10.0. The third kappa shape index (κ3) is 5.10. The minimum Gasteiger partial charge on any atom is -0.398 e. The van der Waals surface area contributed by atoms with Gasteiger partial charge in [-0.2, -0.15) is 0 Å². The summed E-state index contributed by atoms with van der Waals surface area (Å²) in [4.78, 5) is 35.1. The number of amides is 2. The molecular formula is C24H25BrN4O3S. The molecule has 4 rings (SSSR count). The van der Waals surface area contributed by atoms with E-state index >= 15 is 0 Å². The summed E-state index contributed by atoms with van der Waals surface area (Å²) in [6.45, 7) is 3.12. The molecule has 1 aliphatic rings. The van der Waals surface area contributed by atoms with E-state index in [4.69, 9.17) is 10.5 Å². The largest absolute Gasteiger partial charge is 0.398 e. The highest BCUT2D eigenvalue weighted by atomic mass is 79.9. The number of rotatable bonds is 6. The number of piperazine rings is 1. The Bertz CT molecular complexity index is 1210. The van der Waals surface area contributed by atoms with Crippen molar-refractivity contribution in [3.8, 4) is 0 Å². The van der Waals surface area contributed by atoms with E-state index in [2.05, 4.69) is 20.9 Å². The third-order valence-corrected chi connectivity index (χ3v) is 7.46. The van der Waals surface area contributed by atoms with Crippen LogP contribution < -0.4 is 5.73 Å². The van der Waals surface area contributed by atoms with Crippen molar-refractivity contribution in [2.75, 3.05) is 25.9 Å². The van der Waals surface area contributed by atoms with Crippen LogP contribution in [0.1, 0.15) is 17.4 Å². The first-order valence-electron chi connectivity index (χ1n) is 10.5. The van der Waals surface area contributed by atoms with Gasteiger partial charge in [0.15, 0.2) is 0 Å². The van der Waals surface area contributed by atoms with Crippen molar-refractivity contribution in [3.05, 3.63) is 62.9 Å². The maximum Gasteiger partial charge on any atom is 0.248 e. The van der Waals surface area contributed by atoms with Gasteiger partial charge in [-0.15, -0.1) is 11.3 Å². The number of hydrogen-bond donors (Lipinski definition) is 1. The molecule has 0 unspecified atom stereocenters. The fourth-order valence-corrected chi connectivity index (χ4v) is 5.32. The van der Waals surface area contributed by atoms with Gasteiger partial charge in [0.25, 0.3) is 0 Å². The molecule has 0 aliphatic carbocycles. The molecule has 1 saturated heterocycles. The Morgan fingerprint density at radius 2 is 2.18 bits per heavy atom. The number of aromatic nitrogens is 1. The molecule has 2 N–H and O–H groups in total. The van der Waals surface area contributed by atoms with Gasteiger partial charge in [0.2, 0.25) is 11.8 Å². The number of thiophene rings is 1. The Morgan fingerprint density at radius 1 is 1.36 bits per heavy atom. The van der Waals surface area contributed by atoms with E-state index in [1.165, 1.54) is 17.4 Å². The highest BCUT2D eigenvalue weighted by Crippen LogP contribution is 2.24. The maximum absolute atomic E-state index is 13.4. The molecule has 0 spiro atoms. The number of methoxy groups -OCH3 is 1. The zero-order valence-electron chi connectivity index (χ0n) is 18.4. The van der Waals surface area contributed by atoms with E-state index in [0.29, 0.717) is 25.3 Å². The summed E-state index contributed by atoms with van der Waals surface area (Å²) < 4.78 is 6.46. The molecule has 1 aromatic carbocycles. The topological polar surface area (TPSA) is 88.8 Å². The third-order valence-electron chi connectivity index (χ3n) is 5.80. The number of pyridine rings is 1. The maximum atomic E-state index is 13.4. The Hall–Kier alpha value is -2.75. The summed E-state index contributed by atoms with van der Waals surface area (Å²) >= 11 is 4.95. The molecule has 3 heterocycles. The van der Waals surface area contributed by atoms with Crippen molar-refractivity contribution in [2.24, 2.45) is 0 Å². The molecule has 7 nitrogen and oxygen atoms in total. The van der Waals surface area contributed by atoms with Crippen molar-refractivity contribution in [2.45, 2.75) is 25.6 Å². The molecule has 3 aromatic rings. The van der Waals surface area contributed by atoms with Gasteiger partial charge in [0.05, 0.1) is 11.6 Å². The zero-order valence-corrected chi connectivity index (χ0v) is 20.8. The van der Waals surface area contributed by atoms with Crippen LogP contribution in [0.3, 0.4) is 0 Å². The molecule has 0 radical (unpaired) electrons. The number of hydrogen-bond acceptors (Lipinski definition) is 6. The van der Waals surface area contributed by atoms with Crippen LogP contribution >= 0.6 is 27.3 Å². The smallest absolute Gasteiger partial charge is 0.248 e. The number of halogens is 1. The molecule has 0 saturated carbocycles. The van der Waals surface area contributed by atoms with Gasteiger partial charge in [-0.25, -0.2) is 0 Å². The zero-order chi connectivity index (χ0) is 23.5. The molecule has 2 aromatic heterocycles. The monoisotopic (exact) mass is 528 g/mol. The van der Waals surface area contributed by atoms with E-state index in [9.17, 15) is 9.59 Å². The Kier molecular flexibility index (Phi) is 7.11. The van der Waals surface area contributed by atoms with Crippen molar-refractivity contribution in [1.29, 1.82) is 0 Å². The van der Waals surface area contributed by atoms with Gasteiger partial charge in [0.1, 0.15) is 6.04 Å². The van der Waals surface area contributed by atoms with Crippen LogP contribution in [0.2, 0.25) is 0 Å². The van der Waals surface area contributed by atoms with Crippen molar-refractivity contribution < 1.29 is 14.3 Å². The molecule has 1 fully saturated rings. The average molecular weight is 529 g/mol. The lowest BCUT2D eigenvalue weighted by atomic mass is 10.0. The lowest BCUT2D eigenvalue weighted by molar-refractivity contribution is -0.155. The van der Waals surface area contributed by atoms with Gasteiger partial charge in [0, 0.05) is 64.8 Å². The predicted molar refractivity (Wildman–Crippen MR) is 135 cm³/mol. The first kappa shape index (κ1) is 23.4. The molecule has 2 atom stereocenters. The van der Waals surface area contributed by atoms with Crippen molar-refractivity contribution in [1.82, 2.24) is 14.8 Å². The molecule has 172 valence electrons. The van der Waals surface area contributed by atoms with E-state index in [1.807, 2.05) is 36.6 Å². The molecule has 2 amide bonds. The van der Waals surface area contributed by atoms with Crippen LogP contribution in [-0.2, 0) is 20.9 Å². The SMILES string of the molecule is CO[C@H](C)[C@H]1C(=O)N(Cc2ccc3c(N)ccnc3c2)CCN1C(=O)C=Cc1cc(Br)cs1. The minimum atomic E-state index is -0.690. The summed E-state index contributed by atoms with van der Waals surface area (Å²) in [6.07, 6.45) is 4.54. The van der Waals surface area contributed by atoms with Crippen LogP contribution in [0, 0.1) is 0 Å². The van der Waals surface area contributed by atoms with Crippen LogP contribution in [-0.4, -0.2) is 58.9 Å². The first-order chi connectivity index (χ1) is 15.9. The summed E-state index contributed by atoms with van der Waals surface area (Å²) in [5.41, 5.74) is 8.45. The molecule has 1 aliphatic heterocycles. The van der Waals surface area contributed by atoms with E-state index in [1.54, 1.807) is 35.2 Å². The fourth-order valence-electron chi connectivity index (χ4n) is 3.98. The first-order valence-corrected chi connectivity index (χ1v) is 12.2. The number of ether oxygens (including phenoxy) is 1. The number of carbonyl (C=O) groups excluding carboxylic acids is 2. The molecule has 9 heteroatoms. The van der Waals surface area contributed by atoms with Gasteiger partial charge in [-0.1, -0.05) is 12.1 Å². The number of anilines is 1. The minimum absolute atomic E-state index is 0.128. The van der Waals surface area contributed by atoms with E-state index in [-0.39, 0.29) is 11.8 Å². The van der Waals surface area contributed by atoms with Gasteiger partial charge in [-0.05, 0) is 52.7 Å². The van der Waals surface area contributed by atoms with Crippen LogP contribution in [0.15, 0.2) is 52.5 Å². The summed E-state index contributed by atoms with van der Waals surface area (Å²) in [7, 11) is 1.55. The number of fused-ring (bicyclic) bond motifs is 1. The number of nitrogen functional groups attached to an aromatic ring is 1. The van der Waals surface area contributed by atoms with Gasteiger partial charge >= 0.3 is 0 Å². The summed E-state index contributed by atoms with van der Waals surface area (Å²) in [5, 5.41) is 2.84. The second-order valence-corrected chi connectivity index (χ2v) is 9.79. The summed E-state index contributed by atoms with van der Waals surface area (Å²) in [5.74, 6) is -0.330. The number of nitrogens with zero attached hydrogens (tertiary/aromatic N) is 3. The second-order valence-electron chi connectivity index (χ2n) is 7.93. The highest BCUT2D eigenvalue weighted by molar-refractivity contribution is 9.10. The van der Waals surface area contributed by atoms with E-state index < -0.39 is 12.1 Å². The Labute approximate surface area is 205 Å². The number of nitrogens with two attached hydrogens (primary N) is 1. The van der Waals surface area contributed by atoms with Crippen LogP contribution in [0.25, 0.3) is 17.0 Å². The predicted octanol–water partition coefficient (Wildman–Crippen LogP) is 3.93. The van der Waals surface area contributed by atoms with Crippen molar-refractivity contribution in [3.63, 3.8) is 0 Å². The quantitative estimate of drug-likeness (QED) is 0.489. The number of benzene rings is 1. The summed E-state index contributed by atoms with van der Waals surface area (Å²) in [6, 6.07) is 8.86. The standard InChI is InChI=1S/C24H25BrN4O3S/c1-15(32-2)23-24(31)28(13-16-3-5-19-20(26)7-8-27-21(19)11-16)9-10-29(23)22(30)6-4-18-12-17(25)14-33-18/h3-8,11-12,14-15,23H,9-10,13H2,1-2H3,(H2,26,27)/t15-,23+/m1/s1. The Morgan fingerprint density at radius 3 is 2.91 bits per heavy atom. The van der Waals surface area contributed by atoms with Crippen LogP contribution in [0.4, 0.5) is 5.69 Å². The molecule has 33 heavy (non-hydrogen) atoms. The Balaban J connectivity index is 1.52. The molecular weight excluding hydrogens is 504 g/mol. The van der Waals surface area contributed by atoms with Crippen LogP contribution in [0.5, 0.6) is 0 Å². The average Bonchev–Trinajstić information content (AvgIpc) is 3.23.